The maximum absolute atomic E-state index is 9.50. The molecule has 0 heterocycles. The first kappa shape index (κ1) is 10.5. The fourth-order valence-corrected chi connectivity index (χ4v) is 1.50. The highest BCUT2D eigenvalue weighted by Crippen LogP contribution is 2.28. The van der Waals surface area contributed by atoms with E-state index >= 15 is 0 Å². The molecule has 3 N–H and O–H groups in total. The molecule has 3 heteroatoms. The highest BCUT2D eigenvalue weighted by atomic mass is 79.9. The predicted molar refractivity (Wildman–Crippen MR) is 57.9 cm³/mol. The minimum atomic E-state index is 0.312. The smallest absolute Gasteiger partial charge is 0.130 e. The number of halogens is 1. The molecule has 2 nitrogen and oxygen atoms in total. The number of aryl methyl sites for hydroxylation is 2. The number of hydrogen-bond donors (Lipinski definition) is 2. The lowest BCUT2D eigenvalue weighted by molar-refractivity contribution is 0.470. The third kappa shape index (κ3) is 2.71. The van der Waals surface area contributed by atoms with Crippen molar-refractivity contribution in [3.63, 3.8) is 0 Å². The summed E-state index contributed by atoms with van der Waals surface area (Å²) in [5.74, 6) is 0.312. The van der Waals surface area contributed by atoms with Crippen LogP contribution in [0.3, 0.4) is 0 Å². The summed E-state index contributed by atoms with van der Waals surface area (Å²) in [4.78, 5) is 0. The van der Waals surface area contributed by atoms with E-state index in [1.165, 1.54) is 0 Å². The Morgan fingerprint density at radius 1 is 1.46 bits per heavy atom. The van der Waals surface area contributed by atoms with Crippen molar-refractivity contribution >= 4 is 15.9 Å². The van der Waals surface area contributed by atoms with Crippen molar-refractivity contribution in [1.82, 2.24) is 0 Å². The van der Waals surface area contributed by atoms with Gasteiger partial charge in [-0.1, -0.05) is 6.07 Å². The summed E-state index contributed by atoms with van der Waals surface area (Å²) in [7, 11) is 0. The topological polar surface area (TPSA) is 46.2 Å². The Morgan fingerprint density at radius 2 is 2.15 bits per heavy atom. The van der Waals surface area contributed by atoms with Crippen molar-refractivity contribution in [2.75, 3.05) is 6.54 Å². The van der Waals surface area contributed by atoms with Gasteiger partial charge in [-0.25, -0.2) is 0 Å². The predicted octanol–water partition coefficient (Wildman–Crippen LogP) is 2.35. The first-order valence-corrected chi connectivity index (χ1v) is 5.12. The Kier molecular flexibility index (Phi) is 3.75. The van der Waals surface area contributed by atoms with Gasteiger partial charge in [-0.2, -0.15) is 0 Å². The highest BCUT2D eigenvalue weighted by Gasteiger charge is 2.03. The van der Waals surface area contributed by atoms with Gasteiger partial charge in [-0.05, 0) is 59.4 Å². The van der Waals surface area contributed by atoms with Gasteiger partial charge in [-0.15, -0.1) is 0 Å². The molecular formula is C10H14BrNO. The number of aromatic hydroxyl groups is 1. The SMILES string of the molecule is Cc1cc(CCCN)cc(O)c1Br. The average molecular weight is 244 g/mol. The van der Waals surface area contributed by atoms with Crippen LogP contribution in [0.5, 0.6) is 5.75 Å². The van der Waals surface area contributed by atoms with Crippen LogP contribution >= 0.6 is 15.9 Å². The van der Waals surface area contributed by atoms with E-state index in [-0.39, 0.29) is 0 Å². The van der Waals surface area contributed by atoms with E-state index < -0.39 is 0 Å². The molecule has 0 bridgehead atoms. The Bertz CT molecular complexity index is 276. The molecule has 0 aliphatic rings. The van der Waals surface area contributed by atoms with Gasteiger partial charge in [0.1, 0.15) is 5.75 Å². The van der Waals surface area contributed by atoms with Gasteiger partial charge < -0.3 is 10.8 Å². The van der Waals surface area contributed by atoms with Crippen LogP contribution in [0.15, 0.2) is 16.6 Å². The molecule has 0 saturated heterocycles. The van der Waals surface area contributed by atoms with Crippen molar-refractivity contribution in [1.29, 1.82) is 0 Å². The molecule has 0 aliphatic carbocycles. The largest absolute Gasteiger partial charge is 0.507 e. The zero-order chi connectivity index (χ0) is 9.84. The maximum Gasteiger partial charge on any atom is 0.130 e. The number of phenolic OH excluding ortho intramolecular Hbond substituents is 1. The van der Waals surface area contributed by atoms with Gasteiger partial charge in [0.15, 0.2) is 0 Å². The first-order chi connectivity index (χ1) is 6.15. The Labute approximate surface area is 86.9 Å². The Morgan fingerprint density at radius 3 is 2.69 bits per heavy atom. The van der Waals surface area contributed by atoms with Gasteiger partial charge >= 0.3 is 0 Å². The van der Waals surface area contributed by atoms with Gasteiger partial charge in [0.05, 0.1) is 4.47 Å². The molecule has 72 valence electrons. The highest BCUT2D eigenvalue weighted by molar-refractivity contribution is 9.10. The van der Waals surface area contributed by atoms with E-state index in [0.717, 1.165) is 28.4 Å². The zero-order valence-corrected chi connectivity index (χ0v) is 9.26. The number of hydrogen-bond acceptors (Lipinski definition) is 2. The van der Waals surface area contributed by atoms with Crippen LogP contribution in [0, 0.1) is 6.92 Å². The second-order valence-electron chi connectivity index (χ2n) is 3.14. The minimum absolute atomic E-state index is 0.312. The zero-order valence-electron chi connectivity index (χ0n) is 7.68. The molecule has 0 aliphatic heterocycles. The maximum atomic E-state index is 9.50. The lowest BCUT2D eigenvalue weighted by Crippen LogP contribution is -2.00. The number of rotatable bonds is 3. The molecule has 0 aromatic heterocycles. The molecule has 1 aromatic rings. The molecule has 1 rings (SSSR count). The first-order valence-electron chi connectivity index (χ1n) is 4.33. The molecule has 0 fully saturated rings. The molecule has 1 aromatic carbocycles. The van der Waals surface area contributed by atoms with Crippen LogP contribution in [-0.2, 0) is 6.42 Å². The second kappa shape index (κ2) is 4.63. The van der Waals surface area contributed by atoms with Crippen LogP contribution in [0.25, 0.3) is 0 Å². The fraction of sp³-hybridized carbons (Fsp3) is 0.400. The van der Waals surface area contributed by atoms with Crippen LogP contribution in [0.4, 0.5) is 0 Å². The van der Waals surface area contributed by atoms with Crippen molar-refractivity contribution in [2.45, 2.75) is 19.8 Å². The number of phenols is 1. The quantitative estimate of drug-likeness (QED) is 0.857. The summed E-state index contributed by atoms with van der Waals surface area (Å²) in [6.07, 6.45) is 1.89. The third-order valence-electron chi connectivity index (χ3n) is 1.96. The van der Waals surface area contributed by atoms with Crippen molar-refractivity contribution < 1.29 is 5.11 Å². The summed E-state index contributed by atoms with van der Waals surface area (Å²) < 4.78 is 0.781. The Hall–Kier alpha value is -0.540. The normalized spacial score (nSPS) is 10.4. The van der Waals surface area contributed by atoms with E-state index in [0.29, 0.717) is 12.3 Å². The summed E-state index contributed by atoms with van der Waals surface area (Å²) in [5.41, 5.74) is 7.61. The van der Waals surface area contributed by atoms with Gasteiger partial charge in [0.2, 0.25) is 0 Å². The van der Waals surface area contributed by atoms with E-state index in [1.54, 1.807) is 6.07 Å². The lowest BCUT2D eigenvalue weighted by atomic mass is 10.1. The molecule has 0 saturated carbocycles. The summed E-state index contributed by atoms with van der Waals surface area (Å²) in [6, 6.07) is 3.85. The van der Waals surface area contributed by atoms with Crippen molar-refractivity contribution in [2.24, 2.45) is 5.73 Å². The molecule has 0 radical (unpaired) electrons. The van der Waals surface area contributed by atoms with Crippen LogP contribution in [0.1, 0.15) is 17.5 Å². The van der Waals surface area contributed by atoms with Crippen LogP contribution in [0.2, 0.25) is 0 Å². The molecule has 13 heavy (non-hydrogen) atoms. The van der Waals surface area contributed by atoms with Gasteiger partial charge in [-0.3, -0.25) is 0 Å². The standard InChI is InChI=1S/C10H14BrNO/c1-7-5-8(3-2-4-12)6-9(13)10(7)11/h5-6,13H,2-4,12H2,1H3. The Balaban J connectivity index is 2.86. The summed E-state index contributed by atoms with van der Waals surface area (Å²) in [5, 5.41) is 9.50. The van der Waals surface area contributed by atoms with E-state index in [9.17, 15) is 5.11 Å². The number of nitrogens with two attached hydrogens (primary N) is 1. The molecule has 0 atom stereocenters. The van der Waals surface area contributed by atoms with Crippen molar-refractivity contribution in [3.05, 3.63) is 27.7 Å². The third-order valence-corrected chi connectivity index (χ3v) is 3.00. The molecular weight excluding hydrogens is 230 g/mol. The van der Waals surface area contributed by atoms with Crippen LogP contribution < -0.4 is 5.73 Å². The van der Waals surface area contributed by atoms with Gasteiger partial charge in [0, 0.05) is 0 Å². The fourth-order valence-electron chi connectivity index (χ4n) is 1.27. The molecule has 0 unspecified atom stereocenters. The van der Waals surface area contributed by atoms with E-state index in [4.69, 9.17) is 5.73 Å². The van der Waals surface area contributed by atoms with E-state index in [2.05, 4.69) is 22.0 Å². The second-order valence-corrected chi connectivity index (χ2v) is 3.93. The molecule has 0 spiro atoms. The van der Waals surface area contributed by atoms with Crippen molar-refractivity contribution in [3.8, 4) is 5.75 Å². The van der Waals surface area contributed by atoms with Gasteiger partial charge in [0.25, 0.3) is 0 Å². The van der Waals surface area contributed by atoms with E-state index in [1.807, 2.05) is 6.92 Å². The lowest BCUT2D eigenvalue weighted by Gasteiger charge is -2.05. The summed E-state index contributed by atoms with van der Waals surface area (Å²) >= 11 is 3.31. The minimum Gasteiger partial charge on any atom is -0.507 e. The average Bonchev–Trinajstić information content (AvgIpc) is 2.10. The molecule has 0 amide bonds. The number of benzene rings is 1. The van der Waals surface area contributed by atoms with Crippen LogP contribution in [-0.4, -0.2) is 11.7 Å². The summed E-state index contributed by atoms with van der Waals surface area (Å²) in [6.45, 7) is 2.66. The monoisotopic (exact) mass is 243 g/mol.